The summed E-state index contributed by atoms with van der Waals surface area (Å²) in [6.07, 6.45) is -0.592. The summed E-state index contributed by atoms with van der Waals surface area (Å²) in [6.45, 7) is 2.03. The summed E-state index contributed by atoms with van der Waals surface area (Å²) < 4.78 is 10.7. The van der Waals surface area contributed by atoms with E-state index in [1.807, 2.05) is 36.4 Å². The van der Waals surface area contributed by atoms with Crippen LogP contribution in [0.5, 0.6) is 5.75 Å². The third-order valence-corrected chi connectivity index (χ3v) is 3.22. The average molecular weight is 300 g/mol. The Balaban J connectivity index is 1.90. The average Bonchev–Trinajstić information content (AvgIpc) is 2.54. The van der Waals surface area contributed by atoms with E-state index in [2.05, 4.69) is 5.32 Å². The highest BCUT2D eigenvalue weighted by Crippen LogP contribution is 2.18. The lowest BCUT2D eigenvalue weighted by molar-refractivity contribution is -0.127. The highest BCUT2D eigenvalue weighted by atomic mass is 16.5. The number of hydrogen-bond donors (Lipinski definition) is 2. The predicted octanol–water partition coefficient (Wildman–Crippen LogP) is 2.82. The number of nitrogen functional groups attached to an aromatic ring is 1. The van der Waals surface area contributed by atoms with Crippen molar-refractivity contribution in [3.05, 3.63) is 54.1 Å². The molecule has 0 saturated heterocycles. The molecule has 5 nitrogen and oxygen atoms in total. The van der Waals surface area contributed by atoms with E-state index in [1.54, 1.807) is 26.2 Å². The van der Waals surface area contributed by atoms with E-state index < -0.39 is 6.10 Å². The van der Waals surface area contributed by atoms with Crippen molar-refractivity contribution in [3.8, 4) is 5.75 Å². The van der Waals surface area contributed by atoms with Crippen LogP contribution in [0.1, 0.15) is 12.5 Å². The van der Waals surface area contributed by atoms with E-state index in [-0.39, 0.29) is 5.91 Å². The summed E-state index contributed by atoms with van der Waals surface area (Å²) in [5.74, 6) is 0.524. The van der Waals surface area contributed by atoms with Crippen molar-refractivity contribution >= 4 is 17.3 Å². The molecule has 2 rings (SSSR count). The van der Waals surface area contributed by atoms with Gasteiger partial charge < -0.3 is 20.5 Å². The monoisotopic (exact) mass is 300 g/mol. The molecule has 0 aromatic heterocycles. The Bertz CT molecular complexity index is 643. The Kier molecular flexibility index (Phi) is 5.38. The number of para-hydroxylation sites is 2. The molecule has 1 amide bonds. The number of benzene rings is 2. The van der Waals surface area contributed by atoms with Crippen LogP contribution in [0.25, 0.3) is 0 Å². The molecule has 3 N–H and O–H groups in total. The van der Waals surface area contributed by atoms with Crippen molar-refractivity contribution in [2.45, 2.75) is 19.6 Å². The minimum Gasteiger partial charge on any atom is -0.497 e. The Hall–Kier alpha value is -2.53. The molecule has 0 saturated carbocycles. The molecule has 0 spiro atoms. The van der Waals surface area contributed by atoms with Crippen LogP contribution in [0.15, 0.2) is 48.5 Å². The molecule has 0 bridgehead atoms. The molecule has 116 valence electrons. The summed E-state index contributed by atoms with van der Waals surface area (Å²) in [4.78, 5) is 12.1. The SMILES string of the molecule is COc1cccc(COC(C)C(=O)Nc2ccccc2N)c1. The fourth-order valence-electron chi connectivity index (χ4n) is 1.90. The van der Waals surface area contributed by atoms with Gasteiger partial charge in [-0.25, -0.2) is 0 Å². The first-order valence-electron chi connectivity index (χ1n) is 7.00. The zero-order chi connectivity index (χ0) is 15.9. The number of rotatable bonds is 6. The Morgan fingerprint density at radius 3 is 2.73 bits per heavy atom. The van der Waals surface area contributed by atoms with E-state index in [1.165, 1.54) is 0 Å². The highest BCUT2D eigenvalue weighted by Gasteiger charge is 2.14. The first-order chi connectivity index (χ1) is 10.6. The van der Waals surface area contributed by atoms with Gasteiger partial charge in [-0.05, 0) is 36.8 Å². The number of ether oxygens (including phenoxy) is 2. The van der Waals surface area contributed by atoms with Crippen LogP contribution in [0.3, 0.4) is 0 Å². The van der Waals surface area contributed by atoms with Gasteiger partial charge in [0.25, 0.3) is 5.91 Å². The predicted molar refractivity (Wildman–Crippen MR) is 86.7 cm³/mol. The number of hydrogen-bond acceptors (Lipinski definition) is 4. The zero-order valence-electron chi connectivity index (χ0n) is 12.7. The molecule has 2 aromatic carbocycles. The van der Waals surface area contributed by atoms with Crippen molar-refractivity contribution in [1.82, 2.24) is 0 Å². The number of carbonyl (C=O) groups is 1. The molecule has 2 aromatic rings. The van der Waals surface area contributed by atoms with Crippen molar-refractivity contribution in [2.75, 3.05) is 18.2 Å². The van der Waals surface area contributed by atoms with E-state index in [9.17, 15) is 4.79 Å². The summed E-state index contributed by atoms with van der Waals surface area (Å²) in [7, 11) is 1.61. The summed E-state index contributed by atoms with van der Waals surface area (Å²) in [6, 6.07) is 14.6. The van der Waals surface area contributed by atoms with Gasteiger partial charge in [0.15, 0.2) is 0 Å². The first-order valence-corrected chi connectivity index (χ1v) is 7.00. The standard InChI is InChI=1S/C17H20N2O3/c1-12(17(20)19-16-9-4-3-8-15(16)18)22-11-13-6-5-7-14(10-13)21-2/h3-10,12H,11,18H2,1-2H3,(H,19,20). The zero-order valence-corrected chi connectivity index (χ0v) is 12.7. The number of methoxy groups -OCH3 is 1. The van der Waals surface area contributed by atoms with Gasteiger partial charge in [-0.2, -0.15) is 0 Å². The third kappa shape index (κ3) is 4.23. The third-order valence-electron chi connectivity index (χ3n) is 3.22. The maximum atomic E-state index is 12.1. The highest BCUT2D eigenvalue weighted by molar-refractivity contribution is 5.96. The van der Waals surface area contributed by atoms with Gasteiger partial charge in [-0.15, -0.1) is 0 Å². The first kappa shape index (κ1) is 15.9. The molecule has 22 heavy (non-hydrogen) atoms. The maximum Gasteiger partial charge on any atom is 0.253 e. The quantitative estimate of drug-likeness (QED) is 0.805. The normalized spacial score (nSPS) is 11.7. The minimum atomic E-state index is -0.592. The molecule has 0 aliphatic carbocycles. The fourth-order valence-corrected chi connectivity index (χ4v) is 1.90. The molecule has 5 heteroatoms. The van der Waals surface area contributed by atoms with E-state index in [4.69, 9.17) is 15.2 Å². The number of nitrogens with two attached hydrogens (primary N) is 1. The molecule has 1 unspecified atom stereocenters. The van der Waals surface area contributed by atoms with Crippen LogP contribution in [0.2, 0.25) is 0 Å². The van der Waals surface area contributed by atoms with E-state index in [0.717, 1.165) is 11.3 Å². The number of nitrogens with one attached hydrogen (secondary N) is 1. The molecule has 0 heterocycles. The van der Waals surface area contributed by atoms with Crippen LogP contribution in [0, 0.1) is 0 Å². The van der Waals surface area contributed by atoms with E-state index in [0.29, 0.717) is 18.0 Å². The Morgan fingerprint density at radius 1 is 1.23 bits per heavy atom. The van der Waals surface area contributed by atoms with Crippen LogP contribution in [-0.4, -0.2) is 19.1 Å². The number of anilines is 2. The lowest BCUT2D eigenvalue weighted by Crippen LogP contribution is -2.28. The molecular formula is C17H20N2O3. The van der Waals surface area contributed by atoms with Gasteiger partial charge >= 0.3 is 0 Å². The van der Waals surface area contributed by atoms with Crippen molar-refractivity contribution < 1.29 is 14.3 Å². The van der Waals surface area contributed by atoms with Gasteiger partial charge in [0.1, 0.15) is 11.9 Å². The largest absolute Gasteiger partial charge is 0.497 e. The van der Waals surface area contributed by atoms with Crippen molar-refractivity contribution in [2.24, 2.45) is 0 Å². The van der Waals surface area contributed by atoms with Crippen LogP contribution >= 0.6 is 0 Å². The Morgan fingerprint density at radius 2 is 2.00 bits per heavy atom. The number of amides is 1. The van der Waals surface area contributed by atoms with Gasteiger partial charge in [-0.1, -0.05) is 24.3 Å². The molecule has 0 fully saturated rings. The maximum absolute atomic E-state index is 12.1. The fraction of sp³-hybridized carbons (Fsp3) is 0.235. The summed E-state index contributed by atoms with van der Waals surface area (Å²) in [5.41, 5.74) is 7.85. The van der Waals surface area contributed by atoms with Gasteiger partial charge in [0, 0.05) is 0 Å². The molecule has 0 aliphatic rings. The van der Waals surface area contributed by atoms with Crippen LogP contribution < -0.4 is 15.8 Å². The second-order valence-electron chi connectivity index (χ2n) is 4.88. The topological polar surface area (TPSA) is 73.6 Å². The smallest absolute Gasteiger partial charge is 0.253 e. The van der Waals surface area contributed by atoms with Crippen molar-refractivity contribution in [3.63, 3.8) is 0 Å². The Labute approximate surface area is 130 Å². The second-order valence-corrected chi connectivity index (χ2v) is 4.88. The molecular weight excluding hydrogens is 280 g/mol. The number of carbonyl (C=O) groups excluding carboxylic acids is 1. The summed E-state index contributed by atoms with van der Waals surface area (Å²) >= 11 is 0. The molecule has 0 radical (unpaired) electrons. The summed E-state index contributed by atoms with van der Waals surface area (Å²) in [5, 5.41) is 2.76. The van der Waals surface area contributed by atoms with Crippen molar-refractivity contribution in [1.29, 1.82) is 0 Å². The van der Waals surface area contributed by atoms with E-state index >= 15 is 0 Å². The minimum absolute atomic E-state index is 0.235. The van der Waals surface area contributed by atoms with Gasteiger partial charge in [-0.3, -0.25) is 4.79 Å². The second kappa shape index (κ2) is 7.47. The lowest BCUT2D eigenvalue weighted by atomic mass is 10.2. The van der Waals surface area contributed by atoms with Crippen LogP contribution in [-0.2, 0) is 16.1 Å². The van der Waals surface area contributed by atoms with Gasteiger partial charge in [0.2, 0.25) is 0 Å². The van der Waals surface area contributed by atoms with Crippen LogP contribution in [0.4, 0.5) is 11.4 Å². The lowest BCUT2D eigenvalue weighted by Gasteiger charge is -2.14. The molecule has 0 aliphatic heterocycles. The van der Waals surface area contributed by atoms with Gasteiger partial charge in [0.05, 0.1) is 25.1 Å². The molecule has 1 atom stereocenters.